The van der Waals surface area contributed by atoms with Crippen molar-refractivity contribution in [3.63, 3.8) is 0 Å². The normalized spacial score (nSPS) is 17.3. The molecule has 0 saturated heterocycles. The third kappa shape index (κ3) is 4.27. The van der Waals surface area contributed by atoms with E-state index in [1.807, 2.05) is 44.3 Å². The van der Waals surface area contributed by atoms with Gasteiger partial charge >= 0.3 is 0 Å². The van der Waals surface area contributed by atoms with Gasteiger partial charge in [0, 0.05) is 54.5 Å². The smallest absolute Gasteiger partial charge is 0.244 e. The molecule has 37 heavy (non-hydrogen) atoms. The molecule has 6 rings (SSSR count). The van der Waals surface area contributed by atoms with E-state index in [1.54, 1.807) is 15.8 Å². The van der Waals surface area contributed by atoms with Crippen LogP contribution in [0.2, 0.25) is 0 Å². The number of anilines is 3. The largest absolute Gasteiger partial charge is 0.488 e. The van der Waals surface area contributed by atoms with Gasteiger partial charge in [0.15, 0.2) is 17.3 Å². The molecule has 3 aromatic heterocycles. The topological polar surface area (TPSA) is 146 Å². The van der Waals surface area contributed by atoms with Gasteiger partial charge in [-0.05, 0) is 36.6 Å². The average molecular weight is 501 g/mol. The number of rotatable bonds is 3. The van der Waals surface area contributed by atoms with Gasteiger partial charge in [0.25, 0.3) is 0 Å². The maximum Gasteiger partial charge on any atom is 0.244 e. The Balaban J connectivity index is 1.32. The lowest BCUT2D eigenvalue weighted by molar-refractivity contribution is -0.130. The Morgan fingerprint density at radius 3 is 2.84 bits per heavy atom. The highest BCUT2D eigenvalue weighted by atomic mass is 16.5. The highest BCUT2D eigenvalue weighted by molar-refractivity contribution is 5.95. The first-order valence-electron chi connectivity index (χ1n) is 12.1. The van der Waals surface area contributed by atoms with E-state index in [1.165, 1.54) is 0 Å². The van der Waals surface area contributed by atoms with Crippen LogP contribution < -0.4 is 26.3 Å². The first kappa shape index (κ1) is 23.0. The van der Waals surface area contributed by atoms with Crippen LogP contribution in [0.15, 0.2) is 36.5 Å². The lowest BCUT2D eigenvalue weighted by atomic mass is 10.0. The third-order valence-electron chi connectivity index (χ3n) is 6.82. The lowest BCUT2D eigenvalue weighted by Gasteiger charge is -2.15. The zero-order chi connectivity index (χ0) is 25.7. The van der Waals surface area contributed by atoms with Crippen LogP contribution in [-0.2, 0) is 17.8 Å². The summed E-state index contributed by atoms with van der Waals surface area (Å²) >= 11 is 0. The fourth-order valence-corrected chi connectivity index (χ4v) is 4.69. The van der Waals surface area contributed by atoms with Gasteiger partial charge in [-0.1, -0.05) is 0 Å². The number of nitrogen functional groups attached to an aromatic ring is 1. The summed E-state index contributed by atoms with van der Waals surface area (Å²) in [5.41, 5.74) is 15.9. The highest BCUT2D eigenvalue weighted by Gasteiger charge is 2.21. The number of ether oxygens (including phenoxy) is 2. The molecule has 1 aromatic carbocycles. The van der Waals surface area contributed by atoms with Gasteiger partial charge in [0.05, 0.1) is 11.7 Å². The molecule has 11 heteroatoms. The number of nitrogens with two attached hydrogens (primary N) is 2. The number of carbonyl (C=O) groups is 1. The zero-order valence-electron chi connectivity index (χ0n) is 20.7. The maximum atomic E-state index is 12.2. The average Bonchev–Trinajstić information content (AvgIpc) is 3.05. The molecule has 2 aliphatic heterocycles. The standard InChI is InChI=1S/C26H28N8O3/c1-14-18(3-4-21-25(14)37-13-16(27)12-36-21)20-7-15-8-22(29-10-19(15)26(28)30-20)31-23-9-17-5-6-33(2)24(35)11-34(17)32-23/h3-4,7-10,16H,5-6,11-13,27H2,1-2H3,(H2,28,30)(H,29,31,32)/t16-/m0/s1. The van der Waals surface area contributed by atoms with Gasteiger partial charge in [0.2, 0.25) is 5.91 Å². The van der Waals surface area contributed by atoms with E-state index in [0.29, 0.717) is 48.7 Å². The highest BCUT2D eigenvalue weighted by Crippen LogP contribution is 2.39. The summed E-state index contributed by atoms with van der Waals surface area (Å²) in [6, 6.07) is 9.50. The zero-order valence-corrected chi connectivity index (χ0v) is 20.7. The summed E-state index contributed by atoms with van der Waals surface area (Å²) in [6.07, 6.45) is 2.44. The molecule has 0 aliphatic carbocycles. The Labute approximate surface area is 213 Å². The van der Waals surface area contributed by atoms with Gasteiger partial charge in [0.1, 0.15) is 31.4 Å². The van der Waals surface area contributed by atoms with Gasteiger partial charge in [-0.15, -0.1) is 0 Å². The van der Waals surface area contributed by atoms with Crippen molar-refractivity contribution >= 4 is 34.1 Å². The number of likely N-dealkylation sites (N-methyl/N-ethyl adjacent to an activating group) is 1. The van der Waals surface area contributed by atoms with E-state index < -0.39 is 0 Å². The molecule has 4 aromatic rings. The van der Waals surface area contributed by atoms with E-state index in [9.17, 15) is 4.79 Å². The van der Waals surface area contributed by atoms with E-state index in [4.69, 9.17) is 20.9 Å². The number of nitrogens with zero attached hydrogens (tertiary/aromatic N) is 5. The van der Waals surface area contributed by atoms with Crippen molar-refractivity contribution in [1.82, 2.24) is 24.6 Å². The van der Waals surface area contributed by atoms with Crippen LogP contribution >= 0.6 is 0 Å². The molecule has 0 spiro atoms. The van der Waals surface area contributed by atoms with Crippen molar-refractivity contribution in [2.75, 3.05) is 37.9 Å². The summed E-state index contributed by atoms with van der Waals surface area (Å²) in [6.45, 7) is 3.65. The summed E-state index contributed by atoms with van der Waals surface area (Å²) in [4.78, 5) is 23.1. The molecule has 5 N–H and O–H groups in total. The maximum absolute atomic E-state index is 12.2. The molecule has 1 amide bonds. The van der Waals surface area contributed by atoms with Gasteiger partial charge in [-0.25, -0.2) is 9.97 Å². The number of nitrogens with one attached hydrogen (secondary N) is 1. The Bertz CT molecular complexity index is 1530. The predicted molar refractivity (Wildman–Crippen MR) is 140 cm³/mol. The monoisotopic (exact) mass is 500 g/mol. The van der Waals surface area contributed by atoms with Crippen molar-refractivity contribution in [1.29, 1.82) is 0 Å². The van der Waals surface area contributed by atoms with Crippen molar-refractivity contribution in [3.05, 3.63) is 47.8 Å². The minimum absolute atomic E-state index is 0.0423. The number of fused-ring (bicyclic) bond motifs is 3. The van der Waals surface area contributed by atoms with Crippen LogP contribution in [-0.4, -0.2) is 63.4 Å². The molecule has 0 radical (unpaired) electrons. The Morgan fingerprint density at radius 1 is 1.14 bits per heavy atom. The van der Waals surface area contributed by atoms with Crippen LogP contribution in [0.4, 0.5) is 17.5 Å². The van der Waals surface area contributed by atoms with E-state index in [2.05, 4.69) is 20.4 Å². The molecular weight excluding hydrogens is 472 g/mol. The van der Waals surface area contributed by atoms with Crippen molar-refractivity contribution in [3.8, 4) is 22.8 Å². The molecule has 1 atom stereocenters. The number of hydrogen-bond acceptors (Lipinski definition) is 9. The molecule has 5 heterocycles. The molecule has 0 saturated carbocycles. The number of aromatic nitrogens is 4. The van der Waals surface area contributed by atoms with Gasteiger partial charge in [-0.3, -0.25) is 9.48 Å². The van der Waals surface area contributed by atoms with Gasteiger partial charge in [-0.2, -0.15) is 5.10 Å². The van der Waals surface area contributed by atoms with Crippen molar-refractivity contribution in [2.24, 2.45) is 5.73 Å². The van der Waals surface area contributed by atoms with Crippen molar-refractivity contribution in [2.45, 2.75) is 25.9 Å². The van der Waals surface area contributed by atoms with E-state index in [-0.39, 0.29) is 18.5 Å². The fraction of sp³-hybridized carbons (Fsp3) is 0.308. The summed E-state index contributed by atoms with van der Waals surface area (Å²) in [5.74, 6) is 3.03. The lowest BCUT2D eigenvalue weighted by Crippen LogP contribution is -2.32. The number of carbonyl (C=O) groups excluding carboxylic acids is 1. The molecule has 11 nitrogen and oxygen atoms in total. The number of amides is 1. The molecule has 0 bridgehead atoms. The molecule has 0 fully saturated rings. The summed E-state index contributed by atoms with van der Waals surface area (Å²) < 4.78 is 13.5. The minimum atomic E-state index is -0.185. The second-order valence-electron chi connectivity index (χ2n) is 9.50. The number of benzene rings is 1. The molecular formula is C26H28N8O3. The van der Waals surface area contributed by atoms with Gasteiger partial charge < -0.3 is 31.2 Å². The second-order valence-corrected chi connectivity index (χ2v) is 9.50. The van der Waals surface area contributed by atoms with Crippen molar-refractivity contribution < 1.29 is 14.3 Å². The molecule has 0 unspecified atom stereocenters. The summed E-state index contributed by atoms with van der Waals surface area (Å²) in [5, 5.41) is 9.46. The number of hydrogen-bond donors (Lipinski definition) is 3. The van der Waals surface area contributed by atoms with Crippen LogP contribution in [0, 0.1) is 6.92 Å². The Hall–Kier alpha value is -4.38. The first-order chi connectivity index (χ1) is 17.9. The molecule has 190 valence electrons. The van der Waals surface area contributed by atoms with E-state index in [0.717, 1.165) is 39.7 Å². The third-order valence-corrected chi connectivity index (χ3v) is 6.82. The van der Waals surface area contributed by atoms with Crippen LogP contribution in [0.1, 0.15) is 11.3 Å². The first-order valence-corrected chi connectivity index (χ1v) is 12.1. The van der Waals surface area contributed by atoms with E-state index >= 15 is 0 Å². The van der Waals surface area contributed by atoms with Crippen LogP contribution in [0.25, 0.3) is 22.0 Å². The number of pyridine rings is 2. The Kier molecular flexibility index (Phi) is 5.56. The Morgan fingerprint density at radius 2 is 1.97 bits per heavy atom. The molecule has 2 aliphatic rings. The fourth-order valence-electron chi connectivity index (χ4n) is 4.69. The van der Waals surface area contributed by atoms with Crippen LogP contribution in [0.5, 0.6) is 11.5 Å². The SMILES string of the molecule is Cc1c(-c2cc3cc(Nc4cc5n(n4)CC(=O)N(C)CC5)ncc3c(N)n2)ccc2c1OC[C@@H](N)CO2. The minimum Gasteiger partial charge on any atom is -0.488 e. The second kappa shape index (κ2) is 8.93. The predicted octanol–water partition coefficient (Wildman–Crippen LogP) is 2.24. The van der Waals surface area contributed by atoms with Crippen LogP contribution in [0.3, 0.4) is 0 Å². The quantitative estimate of drug-likeness (QED) is 0.385. The summed E-state index contributed by atoms with van der Waals surface area (Å²) in [7, 11) is 1.81.